The van der Waals surface area contributed by atoms with Gasteiger partial charge in [-0.2, -0.15) is 0 Å². The van der Waals surface area contributed by atoms with Gasteiger partial charge in [-0.25, -0.2) is 4.98 Å². The van der Waals surface area contributed by atoms with Crippen LogP contribution in [0, 0.1) is 0 Å². The average molecular weight is 393 g/mol. The molecule has 0 unspecified atom stereocenters. The number of carbonyl (C=O) groups excluding carboxylic acids is 2. The number of ether oxygens (including phenoxy) is 1. The Balaban J connectivity index is 1.58. The van der Waals surface area contributed by atoms with Gasteiger partial charge in [-0.05, 0) is 23.8 Å². The van der Waals surface area contributed by atoms with Crippen molar-refractivity contribution in [1.29, 1.82) is 0 Å². The quantitative estimate of drug-likeness (QED) is 0.694. The molecule has 2 aromatic carbocycles. The van der Waals surface area contributed by atoms with E-state index in [0.717, 1.165) is 5.56 Å². The Morgan fingerprint density at radius 1 is 1.28 bits per heavy atom. The lowest BCUT2D eigenvalue weighted by Crippen LogP contribution is -2.58. The van der Waals surface area contributed by atoms with Crippen LogP contribution in [0.5, 0.6) is 0 Å². The highest BCUT2D eigenvalue weighted by Gasteiger charge is 2.33. The molecular formula is C22H23N3O4. The lowest BCUT2D eigenvalue weighted by molar-refractivity contribution is -0.127. The lowest BCUT2D eigenvalue weighted by Gasteiger charge is -2.35. The second kappa shape index (κ2) is 8.45. The van der Waals surface area contributed by atoms with Crippen LogP contribution in [-0.4, -0.2) is 54.5 Å². The number of piperazine rings is 1. The first-order valence-electron chi connectivity index (χ1n) is 9.66. The normalized spacial score (nSPS) is 16.8. The Bertz CT molecular complexity index is 1020. The molecule has 0 radical (unpaired) electrons. The summed E-state index contributed by atoms with van der Waals surface area (Å²) >= 11 is 0. The van der Waals surface area contributed by atoms with E-state index in [1.54, 1.807) is 30.2 Å². The highest BCUT2D eigenvalue weighted by Crippen LogP contribution is 2.21. The van der Waals surface area contributed by atoms with E-state index in [2.05, 4.69) is 10.3 Å². The molecule has 0 aliphatic carbocycles. The molecule has 150 valence electrons. The SMILES string of the molecule is COCCc1nc2ccc(C(=O)N3CCNC(=O)[C@@H]3Cc3ccccc3)cc2o1. The third-order valence-electron chi connectivity index (χ3n) is 5.06. The third-order valence-corrected chi connectivity index (χ3v) is 5.06. The van der Waals surface area contributed by atoms with E-state index >= 15 is 0 Å². The van der Waals surface area contributed by atoms with Gasteiger partial charge in [0.1, 0.15) is 11.6 Å². The standard InChI is InChI=1S/C22H23N3O4/c1-28-12-9-20-24-17-8-7-16(14-19(17)29-20)22(27)25-11-10-23-21(26)18(25)13-15-5-3-2-4-6-15/h2-8,14,18H,9-13H2,1H3,(H,23,26)/t18-/m0/s1. The minimum atomic E-state index is -0.540. The van der Waals surface area contributed by atoms with Gasteiger partial charge in [0.15, 0.2) is 11.5 Å². The van der Waals surface area contributed by atoms with Gasteiger partial charge in [0.2, 0.25) is 5.91 Å². The molecule has 1 fully saturated rings. The maximum atomic E-state index is 13.2. The van der Waals surface area contributed by atoms with Crippen molar-refractivity contribution >= 4 is 22.9 Å². The number of aromatic nitrogens is 1. The third kappa shape index (κ3) is 4.14. The summed E-state index contributed by atoms with van der Waals surface area (Å²) < 4.78 is 10.8. The molecule has 1 aliphatic rings. The lowest BCUT2D eigenvalue weighted by atomic mass is 10.0. The smallest absolute Gasteiger partial charge is 0.254 e. The molecule has 0 bridgehead atoms. The number of carbonyl (C=O) groups is 2. The number of benzene rings is 2. The van der Waals surface area contributed by atoms with Crippen molar-refractivity contribution in [3.8, 4) is 0 Å². The van der Waals surface area contributed by atoms with E-state index in [-0.39, 0.29) is 11.8 Å². The number of nitrogens with zero attached hydrogens (tertiary/aromatic N) is 2. The summed E-state index contributed by atoms with van der Waals surface area (Å²) in [5, 5.41) is 2.87. The van der Waals surface area contributed by atoms with Crippen molar-refractivity contribution in [3.05, 3.63) is 65.5 Å². The van der Waals surface area contributed by atoms with E-state index in [9.17, 15) is 9.59 Å². The predicted octanol–water partition coefficient (Wildman–Crippen LogP) is 2.20. The van der Waals surface area contributed by atoms with Crippen LogP contribution in [0.25, 0.3) is 11.1 Å². The summed E-state index contributed by atoms with van der Waals surface area (Å²) in [6, 6.07) is 14.4. The topological polar surface area (TPSA) is 84.7 Å². The molecule has 1 atom stereocenters. The zero-order valence-corrected chi connectivity index (χ0v) is 16.3. The number of rotatable bonds is 6. The van der Waals surface area contributed by atoms with Gasteiger partial charge in [0.05, 0.1) is 6.61 Å². The highest BCUT2D eigenvalue weighted by atomic mass is 16.5. The van der Waals surface area contributed by atoms with Crippen molar-refractivity contribution in [2.24, 2.45) is 0 Å². The number of amides is 2. The van der Waals surface area contributed by atoms with Gasteiger partial charge in [-0.3, -0.25) is 9.59 Å². The fraction of sp³-hybridized carbons (Fsp3) is 0.318. The molecule has 0 saturated carbocycles. The van der Waals surface area contributed by atoms with E-state index < -0.39 is 6.04 Å². The Labute approximate surface area is 168 Å². The first-order valence-corrected chi connectivity index (χ1v) is 9.66. The molecule has 1 saturated heterocycles. The first kappa shape index (κ1) is 19.1. The predicted molar refractivity (Wildman–Crippen MR) is 108 cm³/mol. The fourth-order valence-electron chi connectivity index (χ4n) is 3.57. The second-order valence-electron chi connectivity index (χ2n) is 7.03. The van der Waals surface area contributed by atoms with E-state index in [1.807, 2.05) is 30.3 Å². The zero-order chi connectivity index (χ0) is 20.2. The van der Waals surface area contributed by atoms with Crippen LogP contribution >= 0.6 is 0 Å². The minimum Gasteiger partial charge on any atom is -0.441 e. The number of hydrogen-bond acceptors (Lipinski definition) is 5. The molecule has 7 heteroatoms. The van der Waals surface area contributed by atoms with Crippen molar-refractivity contribution < 1.29 is 18.7 Å². The molecule has 1 N–H and O–H groups in total. The van der Waals surface area contributed by atoms with Crippen LogP contribution in [0.2, 0.25) is 0 Å². The van der Waals surface area contributed by atoms with Crippen molar-refractivity contribution in [1.82, 2.24) is 15.2 Å². The number of nitrogens with one attached hydrogen (secondary N) is 1. The second-order valence-corrected chi connectivity index (χ2v) is 7.03. The van der Waals surface area contributed by atoms with Crippen molar-refractivity contribution in [2.75, 3.05) is 26.8 Å². The van der Waals surface area contributed by atoms with Crippen molar-refractivity contribution in [2.45, 2.75) is 18.9 Å². The van der Waals surface area contributed by atoms with Crippen LogP contribution < -0.4 is 5.32 Å². The molecule has 4 rings (SSSR count). The Kier molecular flexibility index (Phi) is 5.57. The van der Waals surface area contributed by atoms with E-state index in [1.165, 1.54) is 0 Å². The summed E-state index contributed by atoms with van der Waals surface area (Å²) in [4.78, 5) is 31.8. The Morgan fingerprint density at radius 2 is 2.10 bits per heavy atom. The summed E-state index contributed by atoms with van der Waals surface area (Å²) in [6.45, 7) is 1.43. The van der Waals surface area contributed by atoms with Crippen LogP contribution in [0.1, 0.15) is 21.8 Å². The van der Waals surface area contributed by atoms with Crippen LogP contribution in [-0.2, 0) is 22.4 Å². The summed E-state index contributed by atoms with van der Waals surface area (Å²) in [7, 11) is 1.63. The summed E-state index contributed by atoms with van der Waals surface area (Å²) in [5.41, 5.74) is 2.76. The van der Waals surface area contributed by atoms with Gasteiger partial charge in [-0.1, -0.05) is 30.3 Å². The van der Waals surface area contributed by atoms with Gasteiger partial charge in [0, 0.05) is 38.6 Å². The van der Waals surface area contributed by atoms with Gasteiger partial charge < -0.3 is 19.4 Å². The summed E-state index contributed by atoms with van der Waals surface area (Å²) in [5.74, 6) is 0.263. The Morgan fingerprint density at radius 3 is 2.90 bits per heavy atom. The summed E-state index contributed by atoms with van der Waals surface area (Å²) in [6.07, 6.45) is 1.05. The van der Waals surface area contributed by atoms with Crippen LogP contribution in [0.3, 0.4) is 0 Å². The van der Waals surface area contributed by atoms with Crippen LogP contribution in [0.4, 0.5) is 0 Å². The number of methoxy groups -OCH3 is 1. The number of hydrogen-bond donors (Lipinski definition) is 1. The molecular weight excluding hydrogens is 370 g/mol. The molecule has 3 aromatic rings. The molecule has 1 aromatic heterocycles. The minimum absolute atomic E-state index is 0.129. The number of oxazole rings is 1. The molecule has 29 heavy (non-hydrogen) atoms. The average Bonchev–Trinajstić information content (AvgIpc) is 3.16. The van der Waals surface area contributed by atoms with Gasteiger partial charge in [-0.15, -0.1) is 0 Å². The molecule has 2 amide bonds. The molecule has 7 nitrogen and oxygen atoms in total. The first-order chi connectivity index (χ1) is 14.2. The zero-order valence-electron chi connectivity index (χ0n) is 16.3. The molecule has 2 heterocycles. The molecule has 1 aliphatic heterocycles. The van der Waals surface area contributed by atoms with Gasteiger partial charge in [0.25, 0.3) is 5.91 Å². The van der Waals surface area contributed by atoms with E-state index in [0.29, 0.717) is 55.1 Å². The van der Waals surface area contributed by atoms with Gasteiger partial charge >= 0.3 is 0 Å². The molecule has 0 spiro atoms. The van der Waals surface area contributed by atoms with Crippen LogP contribution in [0.15, 0.2) is 52.9 Å². The maximum Gasteiger partial charge on any atom is 0.254 e. The fourth-order valence-corrected chi connectivity index (χ4v) is 3.57. The maximum absolute atomic E-state index is 13.2. The largest absolute Gasteiger partial charge is 0.441 e. The Hall–Kier alpha value is -3.19. The number of fused-ring (bicyclic) bond motifs is 1. The monoisotopic (exact) mass is 393 g/mol. The van der Waals surface area contributed by atoms with Crippen molar-refractivity contribution in [3.63, 3.8) is 0 Å². The van der Waals surface area contributed by atoms with E-state index in [4.69, 9.17) is 9.15 Å². The highest BCUT2D eigenvalue weighted by molar-refractivity contribution is 6.00.